The minimum atomic E-state index is -0.529. The van der Waals surface area contributed by atoms with Crippen LogP contribution in [-0.2, 0) is 0 Å². The molecule has 136 valence electrons. The standard InChI is InChI=1S/C21H22O5/c1-7-11(2)17(23)16-18(24-6)13-8-9-21(4,5)26-19(13)15-12(3)10-14(22)25-20(15)16/h7-10H,1-6H3. The van der Waals surface area contributed by atoms with Crippen molar-refractivity contribution in [2.45, 2.75) is 40.2 Å². The highest BCUT2D eigenvalue weighted by molar-refractivity contribution is 6.19. The molecule has 0 saturated heterocycles. The van der Waals surface area contributed by atoms with Crippen LogP contribution >= 0.6 is 0 Å². The van der Waals surface area contributed by atoms with E-state index >= 15 is 0 Å². The highest BCUT2D eigenvalue weighted by Crippen LogP contribution is 2.46. The molecule has 1 aromatic heterocycles. The summed E-state index contributed by atoms with van der Waals surface area (Å²) in [5.74, 6) is 0.656. The Bertz CT molecular complexity index is 1030. The molecular weight excluding hydrogens is 332 g/mol. The second-order valence-corrected chi connectivity index (χ2v) is 6.94. The number of benzene rings is 1. The molecule has 3 rings (SSSR count). The summed E-state index contributed by atoms with van der Waals surface area (Å²) in [6, 6.07) is 1.40. The number of hydrogen-bond donors (Lipinski definition) is 0. The second kappa shape index (κ2) is 6.16. The zero-order valence-corrected chi connectivity index (χ0v) is 15.9. The molecule has 5 nitrogen and oxygen atoms in total. The van der Waals surface area contributed by atoms with Gasteiger partial charge in [0.2, 0.25) is 0 Å². The highest BCUT2D eigenvalue weighted by Gasteiger charge is 2.32. The number of ether oxygens (including phenoxy) is 2. The predicted octanol–water partition coefficient (Wildman–Crippen LogP) is 4.44. The fraction of sp³-hybridized carbons (Fsp3) is 0.333. The first kappa shape index (κ1) is 18.0. The van der Waals surface area contributed by atoms with Crippen LogP contribution < -0.4 is 15.1 Å². The normalized spacial score (nSPS) is 15.5. The molecular formula is C21H22O5. The first-order chi connectivity index (χ1) is 12.2. The third kappa shape index (κ3) is 2.73. The molecule has 0 aliphatic carbocycles. The molecule has 0 atom stereocenters. The summed E-state index contributed by atoms with van der Waals surface area (Å²) in [5, 5.41) is 0.616. The van der Waals surface area contributed by atoms with Crippen LogP contribution in [0.3, 0.4) is 0 Å². The molecule has 2 heterocycles. The van der Waals surface area contributed by atoms with Crippen LogP contribution in [0.5, 0.6) is 11.5 Å². The van der Waals surface area contributed by atoms with Crippen molar-refractivity contribution in [1.82, 2.24) is 0 Å². The molecule has 1 aliphatic rings. The summed E-state index contributed by atoms with van der Waals surface area (Å²) in [7, 11) is 1.49. The van der Waals surface area contributed by atoms with E-state index in [4.69, 9.17) is 13.9 Å². The van der Waals surface area contributed by atoms with Gasteiger partial charge in [-0.2, -0.15) is 0 Å². The highest BCUT2D eigenvalue weighted by atomic mass is 16.5. The molecule has 0 saturated carbocycles. The minimum Gasteiger partial charge on any atom is -0.495 e. The molecule has 5 heteroatoms. The lowest BCUT2D eigenvalue weighted by Crippen LogP contribution is -2.28. The summed E-state index contributed by atoms with van der Waals surface area (Å²) in [4.78, 5) is 25.1. The summed E-state index contributed by atoms with van der Waals surface area (Å²) in [5.41, 5.74) is 1.29. The van der Waals surface area contributed by atoms with Crippen molar-refractivity contribution in [2.75, 3.05) is 7.11 Å². The number of carbonyl (C=O) groups is 1. The molecule has 0 spiro atoms. The van der Waals surface area contributed by atoms with E-state index in [1.54, 1.807) is 26.8 Å². The van der Waals surface area contributed by atoms with Crippen molar-refractivity contribution in [3.63, 3.8) is 0 Å². The lowest BCUT2D eigenvalue weighted by atomic mass is 9.92. The summed E-state index contributed by atoms with van der Waals surface area (Å²) < 4.78 is 17.2. The Balaban J connectivity index is 2.56. The Morgan fingerprint density at radius 2 is 2.00 bits per heavy atom. The fourth-order valence-electron chi connectivity index (χ4n) is 3.13. The van der Waals surface area contributed by atoms with Crippen molar-refractivity contribution in [1.29, 1.82) is 0 Å². The van der Waals surface area contributed by atoms with Gasteiger partial charge in [-0.1, -0.05) is 6.08 Å². The number of Topliss-reactive ketones (excluding diaryl/α,β-unsaturated/α-hetero) is 1. The van der Waals surface area contributed by atoms with Crippen LogP contribution in [0.1, 0.15) is 49.2 Å². The smallest absolute Gasteiger partial charge is 0.336 e. The molecule has 1 aromatic carbocycles. The van der Waals surface area contributed by atoms with Crippen LogP contribution in [0.15, 0.2) is 33.0 Å². The number of fused-ring (bicyclic) bond motifs is 3. The van der Waals surface area contributed by atoms with Gasteiger partial charge in [-0.25, -0.2) is 4.79 Å². The van der Waals surface area contributed by atoms with Crippen molar-refractivity contribution < 1.29 is 18.7 Å². The van der Waals surface area contributed by atoms with Crippen LogP contribution in [0.2, 0.25) is 0 Å². The van der Waals surface area contributed by atoms with E-state index in [1.165, 1.54) is 13.2 Å². The monoisotopic (exact) mass is 354 g/mol. The molecule has 26 heavy (non-hydrogen) atoms. The van der Waals surface area contributed by atoms with Crippen LogP contribution in [0.25, 0.3) is 17.0 Å². The molecule has 0 unspecified atom stereocenters. The van der Waals surface area contributed by atoms with Gasteiger partial charge in [0.05, 0.1) is 18.1 Å². The number of allylic oxidation sites excluding steroid dienone is 2. The van der Waals surface area contributed by atoms with Crippen molar-refractivity contribution in [2.24, 2.45) is 0 Å². The number of carbonyl (C=O) groups excluding carboxylic acids is 1. The van der Waals surface area contributed by atoms with Crippen LogP contribution in [0, 0.1) is 6.92 Å². The molecule has 2 aromatic rings. The van der Waals surface area contributed by atoms with Gasteiger partial charge in [0.1, 0.15) is 22.7 Å². The average molecular weight is 354 g/mol. The van der Waals surface area contributed by atoms with E-state index in [-0.39, 0.29) is 16.9 Å². The second-order valence-electron chi connectivity index (χ2n) is 6.94. The fourth-order valence-corrected chi connectivity index (χ4v) is 3.13. The van der Waals surface area contributed by atoms with Crippen molar-refractivity contribution in [3.8, 4) is 11.5 Å². The number of ketones is 1. The van der Waals surface area contributed by atoms with Crippen molar-refractivity contribution in [3.05, 3.63) is 50.9 Å². The van der Waals surface area contributed by atoms with Crippen LogP contribution in [0.4, 0.5) is 0 Å². The van der Waals surface area contributed by atoms with E-state index in [2.05, 4.69) is 0 Å². The Labute approximate surface area is 151 Å². The number of hydrogen-bond acceptors (Lipinski definition) is 5. The summed E-state index contributed by atoms with van der Waals surface area (Å²) >= 11 is 0. The lowest BCUT2D eigenvalue weighted by Gasteiger charge is -2.30. The quantitative estimate of drug-likeness (QED) is 0.463. The Kier molecular flexibility index (Phi) is 4.26. The Morgan fingerprint density at radius 3 is 2.62 bits per heavy atom. The van der Waals surface area contributed by atoms with Crippen LogP contribution in [-0.4, -0.2) is 18.5 Å². The number of rotatable bonds is 3. The van der Waals surface area contributed by atoms with E-state index in [1.807, 2.05) is 26.0 Å². The average Bonchev–Trinajstić information content (AvgIpc) is 2.57. The van der Waals surface area contributed by atoms with Gasteiger partial charge >= 0.3 is 5.63 Å². The lowest BCUT2D eigenvalue weighted by molar-refractivity contribution is 0.103. The van der Waals surface area contributed by atoms with Crippen molar-refractivity contribution >= 4 is 22.8 Å². The topological polar surface area (TPSA) is 65.7 Å². The SMILES string of the molecule is CC=C(C)C(=O)c1c(OC)c2c(c3c(C)cc(=O)oc13)OC(C)(C)C=C2. The maximum Gasteiger partial charge on any atom is 0.336 e. The minimum absolute atomic E-state index is 0.197. The molecule has 0 bridgehead atoms. The first-order valence-corrected chi connectivity index (χ1v) is 8.44. The van der Waals surface area contributed by atoms with Gasteiger partial charge in [0.15, 0.2) is 11.4 Å². The van der Waals surface area contributed by atoms with E-state index < -0.39 is 11.2 Å². The number of aryl methyl sites for hydroxylation is 1. The van der Waals surface area contributed by atoms with Gasteiger partial charge in [-0.15, -0.1) is 0 Å². The largest absolute Gasteiger partial charge is 0.495 e. The summed E-state index contributed by atoms with van der Waals surface area (Å²) in [6.07, 6.45) is 5.52. The third-order valence-electron chi connectivity index (χ3n) is 4.57. The molecule has 0 radical (unpaired) electrons. The molecule has 0 amide bonds. The molecule has 1 aliphatic heterocycles. The molecule has 0 fully saturated rings. The number of methoxy groups -OCH3 is 1. The zero-order chi connectivity index (χ0) is 19.2. The van der Waals surface area contributed by atoms with E-state index in [0.717, 1.165) is 0 Å². The zero-order valence-electron chi connectivity index (χ0n) is 15.9. The Hall–Kier alpha value is -2.82. The predicted molar refractivity (Wildman–Crippen MR) is 101 cm³/mol. The van der Waals surface area contributed by atoms with Gasteiger partial charge in [-0.3, -0.25) is 4.79 Å². The summed E-state index contributed by atoms with van der Waals surface area (Å²) in [6.45, 7) is 9.17. The first-order valence-electron chi connectivity index (χ1n) is 8.44. The van der Waals surface area contributed by atoms with Gasteiger partial charge in [0, 0.05) is 6.07 Å². The van der Waals surface area contributed by atoms with E-state index in [0.29, 0.717) is 33.6 Å². The van der Waals surface area contributed by atoms with Gasteiger partial charge < -0.3 is 13.9 Å². The van der Waals surface area contributed by atoms with Gasteiger partial charge in [-0.05, 0) is 57.9 Å². The van der Waals surface area contributed by atoms with Gasteiger partial charge in [0.25, 0.3) is 0 Å². The maximum atomic E-state index is 13.0. The molecule has 0 N–H and O–H groups in total. The Morgan fingerprint density at radius 1 is 1.31 bits per heavy atom. The maximum absolute atomic E-state index is 13.0. The van der Waals surface area contributed by atoms with E-state index in [9.17, 15) is 9.59 Å². The third-order valence-corrected chi connectivity index (χ3v) is 4.57.